The normalized spacial score (nSPS) is 23.6. The number of carbonyl (C=O) groups is 1. The van der Waals surface area contributed by atoms with E-state index in [1.807, 2.05) is 0 Å². The SMILES string of the molecule is CCOP(=O)(CO[C@@H]1[C@@H](O)[C@@H](O)[C@H](c2c[nH]c3c(=O)[nH]cnc23)N1C(=O)OC(C)(C)C)OCC. The fraction of sp³-hybridized carbons (Fsp3) is 0.650. The lowest BCUT2D eigenvalue weighted by molar-refractivity contribution is -0.0926. The lowest BCUT2D eigenvalue weighted by Gasteiger charge is -2.32. The fourth-order valence-electron chi connectivity index (χ4n) is 3.76. The van der Waals surface area contributed by atoms with Gasteiger partial charge in [0.2, 0.25) is 0 Å². The molecule has 34 heavy (non-hydrogen) atoms. The van der Waals surface area contributed by atoms with Crippen molar-refractivity contribution in [3.8, 4) is 0 Å². The first-order valence-electron chi connectivity index (χ1n) is 10.8. The summed E-state index contributed by atoms with van der Waals surface area (Å²) in [5.41, 5.74) is -0.766. The summed E-state index contributed by atoms with van der Waals surface area (Å²) in [4.78, 5) is 35.7. The van der Waals surface area contributed by atoms with Crippen LogP contribution < -0.4 is 5.56 Å². The Hall–Kier alpha value is -2.28. The third kappa shape index (κ3) is 5.35. The van der Waals surface area contributed by atoms with Gasteiger partial charge in [-0.25, -0.2) is 9.78 Å². The molecule has 1 aliphatic rings. The maximum Gasteiger partial charge on any atom is 0.413 e. The van der Waals surface area contributed by atoms with Gasteiger partial charge in [-0.15, -0.1) is 0 Å². The number of H-pyrrole nitrogens is 2. The number of likely N-dealkylation sites (tertiary alicyclic amines) is 1. The summed E-state index contributed by atoms with van der Waals surface area (Å²) in [6.45, 7) is 8.41. The van der Waals surface area contributed by atoms with Crippen LogP contribution in [-0.2, 0) is 23.1 Å². The fourth-order valence-corrected chi connectivity index (χ4v) is 5.10. The number of rotatable bonds is 8. The Morgan fingerprint density at radius 2 is 1.82 bits per heavy atom. The molecule has 3 heterocycles. The van der Waals surface area contributed by atoms with Crippen molar-refractivity contribution in [3.63, 3.8) is 0 Å². The molecule has 1 aliphatic heterocycles. The van der Waals surface area contributed by atoms with Crippen molar-refractivity contribution >= 4 is 24.7 Å². The van der Waals surface area contributed by atoms with Gasteiger partial charge in [0.15, 0.2) is 12.6 Å². The number of ether oxygens (including phenoxy) is 2. The van der Waals surface area contributed by atoms with E-state index in [1.54, 1.807) is 34.6 Å². The lowest BCUT2D eigenvalue weighted by atomic mass is 10.0. The average Bonchev–Trinajstić information content (AvgIpc) is 3.26. The van der Waals surface area contributed by atoms with Gasteiger partial charge in [-0.1, -0.05) is 0 Å². The first kappa shape index (κ1) is 26.3. The van der Waals surface area contributed by atoms with E-state index < -0.39 is 55.7 Å². The molecule has 0 aliphatic carbocycles. The molecule has 0 saturated carbocycles. The van der Waals surface area contributed by atoms with Gasteiger partial charge in [0.25, 0.3) is 5.56 Å². The first-order valence-corrected chi connectivity index (χ1v) is 12.6. The Morgan fingerprint density at radius 3 is 2.41 bits per heavy atom. The van der Waals surface area contributed by atoms with Crippen LogP contribution in [0, 0.1) is 0 Å². The Bertz CT molecular complexity index is 1100. The molecule has 4 N–H and O–H groups in total. The van der Waals surface area contributed by atoms with Crippen LogP contribution in [0.15, 0.2) is 17.3 Å². The lowest BCUT2D eigenvalue weighted by Crippen LogP contribution is -2.45. The van der Waals surface area contributed by atoms with Crippen molar-refractivity contribution in [2.45, 2.75) is 64.7 Å². The van der Waals surface area contributed by atoms with Gasteiger partial charge in [-0.2, -0.15) is 0 Å². The number of nitrogens with zero attached hydrogens (tertiary/aromatic N) is 2. The molecule has 3 rings (SSSR count). The number of aliphatic hydroxyl groups excluding tert-OH is 2. The summed E-state index contributed by atoms with van der Waals surface area (Å²) in [6, 6.07) is -1.20. The number of hydrogen-bond acceptors (Lipinski definition) is 10. The van der Waals surface area contributed by atoms with Gasteiger partial charge in [0.1, 0.15) is 28.8 Å². The van der Waals surface area contributed by atoms with Crippen LogP contribution in [0.1, 0.15) is 46.2 Å². The highest BCUT2D eigenvalue weighted by atomic mass is 31.2. The number of aliphatic hydroxyl groups is 2. The average molecular weight is 502 g/mol. The maximum atomic E-state index is 13.2. The third-order valence-electron chi connectivity index (χ3n) is 5.02. The molecule has 4 atom stereocenters. The molecule has 0 radical (unpaired) electrons. The zero-order valence-corrected chi connectivity index (χ0v) is 20.6. The van der Waals surface area contributed by atoms with E-state index in [-0.39, 0.29) is 29.8 Å². The summed E-state index contributed by atoms with van der Waals surface area (Å²) >= 11 is 0. The van der Waals surface area contributed by atoms with Crippen LogP contribution in [0.5, 0.6) is 0 Å². The molecular weight excluding hydrogens is 471 g/mol. The predicted molar refractivity (Wildman–Crippen MR) is 120 cm³/mol. The highest BCUT2D eigenvalue weighted by Gasteiger charge is 2.54. The molecule has 14 heteroatoms. The molecule has 1 saturated heterocycles. The largest absolute Gasteiger partial charge is 0.444 e. The van der Waals surface area contributed by atoms with E-state index in [0.717, 1.165) is 4.90 Å². The van der Waals surface area contributed by atoms with E-state index in [0.29, 0.717) is 0 Å². The topological polar surface area (TPSA) is 176 Å². The van der Waals surface area contributed by atoms with Crippen molar-refractivity contribution in [2.24, 2.45) is 0 Å². The molecule has 0 spiro atoms. The first-order chi connectivity index (χ1) is 15.9. The van der Waals surface area contributed by atoms with E-state index in [1.165, 1.54) is 12.5 Å². The van der Waals surface area contributed by atoms with Crippen LogP contribution in [0.3, 0.4) is 0 Å². The minimum absolute atomic E-state index is 0.0877. The number of carbonyl (C=O) groups excluding carboxylic acids is 1. The molecule has 1 amide bonds. The molecule has 0 bridgehead atoms. The van der Waals surface area contributed by atoms with Gasteiger partial charge >= 0.3 is 13.7 Å². The highest BCUT2D eigenvalue weighted by Crippen LogP contribution is 2.49. The van der Waals surface area contributed by atoms with E-state index in [4.69, 9.17) is 18.5 Å². The Kier molecular flexibility index (Phi) is 7.85. The number of amides is 1. The molecule has 0 unspecified atom stereocenters. The molecule has 0 aromatic carbocycles. The van der Waals surface area contributed by atoms with E-state index in [2.05, 4.69) is 15.0 Å². The summed E-state index contributed by atoms with van der Waals surface area (Å²) in [5.74, 6) is 0. The molecular formula is C20H31N4O9P. The van der Waals surface area contributed by atoms with Crippen LogP contribution in [-0.4, -0.2) is 79.8 Å². The van der Waals surface area contributed by atoms with Gasteiger partial charge in [-0.05, 0) is 34.6 Å². The maximum absolute atomic E-state index is 13.2. The quantitative estimate of drug-likeness (QED) is 0.390. The Balaban J connectivity index is 2.02. The monoisotopic (exact) mass is 502 g/mol. The van der Waals surface area contributed by atoms with Crippen molar-refractivity contribution in [1.29, 1.82) is 0 Å². The molecule has 1 fully saturated rings. The molecule has 13 nitrogen and oxygen atoms in total. The van der Waals surface area contributed by atoms with Gasteiger partial charge in [0.05, 0.1) is 25.6 Å². The molecule has 2 aromatic rings. The number of aromatic amines is 2. The van der Waals surface area contributed by atoms with Crippen molar-refractivity contribution in [2.75, 3.05) is 19.6 Å². The summed E-state index contributed by atoms with van der Waals surface area (Å²) in [5, 5.41) is 21.8. The molecule has 190 valence electrons. The summed E-state index contributed by atoms with van der Waals surface area (Å²) < 4.78 is 34.5. The van der Waals surface area contributed by atoms with Gasteiger partial charge in [0, 0.05) is 11.8 Å². The second-order valence-corrected chi connectivity index (χ2v) is 10.6. The van der Waals surface area contributed by atoms with Crippen LogP contribution in [0.4, 0.5) is 4.79 Å². The van der Waals surface area contributed by atoms with E-state index >= 15 is 0 Å². The molecule has 2 aromatic heterocycles. The third-order valence-corrected chi connectivity index (χ3v) is 6.78. The second kappa shape index (κ2) is 10.1. The van der Waals surface area contributed by atoms with Crippen LogP contribution >= 0.6 is 7.60 Å². The van der Waals surface area contributed by atoms with Crippen LogP contribution in [0.2, 0.25) is 0 Å². The van der Waals surface area contributed by atoms with Crippen molar-refractivity contribution in [3.05, 3.63) is 28.4 Å². The summed E-state index contributed by atoms with van der Waals surface area (Å²) in [6.07, 6.45) is -3.50. The predicted octanol–water partition coefficient (Wildman–Crippen LogP) is 1.83. The number of nitrogens with one attached hydrogen (secondary N) is 2. The van der Waals surface area contributed by atoms with Gasteiger partial charge in [-0.3, -0.25) is 14.3 Å². The standard InChI is InChI=1S/C20H31N4O9P/c1-6-31-34(29,32-7-2)10-30-18-16(26)15(25)14(24(18)19(28)33-20(3,4)5)11-8-21-13-12(11)22-9-23-17(13)27/h8-9,14-16,18,21,25-26H,6-7,10H2,1-5H3,(H,22,23,27)/t14-,15-,16-,18+/m0/s1. The minimum Gasteiger partial charge on any atom is -0.444 e. The van der Waals surface area contributed by atoms with Crippen LogP contribution in [0.25, 0.3) is 11.0 Å². The smallest absolute Gasteiger partial charge is 0.413 e. The van der Waals surface area contributed by atoms with Crippen molar-refractivity contribution in [1.82, 2.24) is 19.9 Å². The zero-order chi connectivity index (χ0) is 25.3. The second-order valence-electron chi connectivity index (χ2n) is 8.65. The van der Waals surface area contributed by atoms with Gasteiger partial charge < -0.3 is 38.7 Å². The minimum atomic E-state index is -3.70. The number of hydrogen-bond donors (Lipinski definition) is 4. The number of fused-ring (bicyclic) bond motifs is 1. The van der Waals surface area contributed by atoms with Crippen molar-refractivity contribution < 1.29 is 38.1 Å². The Labute approximate surface area is 195 Å². The zero-order valence-electron chi connectivity index (χ0n) is 19.7. The van der Waals surface area contributed by atoms with E-state index in [9.17, 15) is 24.4 Å². The summed E-state index contributed by atoms with van der Waals surface area (Å²) in [7, 11) is -3.70. The highest BCUT2D eigenvalue weighted by molar-refractivity contribution is 7.53. The Morgan fingerprint density at radius 1 is 1.18 bits per heavy atom. The number of aromatic nitrogens is 3.